The fourth-order valence-electron chi connectivity index (χ4n) is 3.37. The minimum absolute atomic E-state index is 0.0383. The standard InChI is InChI=1S/C19H28O2/c1-14(2)17-11-9-15(3)13-18(17)21-19(20)12-10-16-7-5-4-6-8-16/h4-8,14-15,17-18H,9-13H2,1-3H3/t15-,17+,18+/m0/s1. The van der Waals surface area contributed by atoms with Gasteiger partial charge < -0.3 is 4.74 Å². The number of esters is 1. The van der Waals surface area contributed by atoms with E-state index in [4.69, 9.17) is 4.74 Å². The second-order valence-electron chi connectivity index (χ2n) is 6.84. The van der Waals surface area contributed by atoms with Gasteiger partial charge in [-0.3, -0.25) is 4.79 Å². The lowest BCUT2D eigenvalue weighted by molar-refractivity contribution is -0.155. The van der Waals surface area contributed by atoms with Crippen LogP contribution >= 0.6 is 0 Å². The molecule has 116 valence electrons. The van der Waals surface area contributed by atoms with Crippen molar-refractivity contribution in [1.82, 2.24) is 0 Å². The number of aryl methyl sites for hydroxylation is 1. The van der Waals surface area contributed by atoms with Crippen LogP contribution < -0.4 is 0 Å². The summed E-state index contributed by atoms with van der Waals surface area (Å²) in [6, 6.07) is 10.1. The van der Waals surface area contributed by atoms with Crippen molar-refractivity contribution in [3.8, 4) is 0 Å². The van der Waals surface area contributed by atoms with Crippen LogP contribution in [0.15, 0.2) is 30.3 Å². The van der Waals surface area contributed by atoms with Gasteiger partial charge in [-0.05, 0) is 42.6 Å². The number of carbonyl (C=O) groups is 1. The van der Waals surface area contributed by atoms with Gasteiger partial charge in [0.1, 0.15) is 6.10 Å². The first-order valence-electron chi connectivity index (χ1n) is 8.29. The number of ether oxygens (including phenoxy) is 1. The van der Waals surface area contributed by atoms with Crippen molar-refractivity contribution in [1.29, 1.82) is 0 Å². The zero-order valence-corrected chi connectivity index (χ0v) is 13.5. The summed E-state index contributed by atoms with van der Waals surface area (Å²) < 4.78 is 5.82. The van der Waals surface area contributed by atoms with Crippen molar-refractivity contribution < 1.29 is 9.53 Å². The van der Waals surface area contributed by atoms with Crippen LogP contribution in [0.2, 0.25) is 0 Å². The Morgan fingerprint density at radius 3 is 2.62 bits per heavy atom. The van der Waals surface area contributed by atoms with Crippen molar-refractivity contribution in [2.24, 2.45) is 17.8 Å². The first-order chi connectivity index (χ1) is 10.1. The zero-order chi connectivity index (χ0) is 15.2. The molecule has 2 rings (SSSR count). The van der Waals surface area contributed by atoms with E-state index in [1.807, 2.05) is 18.2 Å². The minimum atomic E-state index is -0.0383. The van der Waals surface area contributed by atoms with Gasteiger partial charge in [0, 0.05) is 6.42 Å². The van der Waals surface area contributed by atoms with Gasteiger partial charge in [-0.2, -0.15) is 0 Å². The van der Waals surface area contributed by atoms with Crippen LogP contribution in [-0.2, 0) is 16.0 Å². The van der Waals surface area contributed by atoms with E-state index in [1.54, 1.807) is 0 Å². The summed E-state index contributed by atoms with van der Waals surface area (Å²) in [4.78, 5) is 12.1. The third-order valence-corrected chi connectivity index (χ3v) is 4.70. The Morgan fingerprint density at radius 1 is 1.24 bits per heavy atom. The number of benzene rings is 1. The topological polar surface area (TPSA) is 26.3 Å². The first kappa shape index (κ1) is 16.1. The lowest BCUT2D eigenvalue weighted by Gasteiger charge is -2.36. The van der Waals surface area contributed by atoms with Gasteiger partial charge in [-0.15, -0.1) is 0 Å². The van der Waals surface area contributed by atoms with Gasteiger partial charge in [0.15, 0.2) is 0 Å². The Bertz CT molecular complexity index is 438. The van der Waals surface area contributed by atoms with E-state index in [0.717, 1.165) is 12.8 Å². The van der Waals surface area contributed by atoms with E-state index in [0.29, 0.717) is 24.2 Å². The fraction of sp³-hybridized carbons (Fsp3) is 0.632. The SMILES string of the molecule is CC(C)[C@H]1CC[C@H](C)C[C@H]1OC(=O)CCc1ccccc1. The second kappa shape index (κ2) is 7.63. The van der Waals surface area contributed by atoms with Gasteiger partial charge in [-0.1, -0.05) is 57.5 Å². The molecule has 1 saturated carbocycles. The fourth-order valence-corrected chi connectivity index (χ4v) is 3.37. The van der Waals surface area contributed by atoms with Crippen molar-refractivity contribution >= 4 is 5.97 Å². The molecule has 0 amide bonds. The van der Waals surface area contributed by atoms with E-state index >= 15 is 0 Å². The van der Waals surface area contributed by atoms with Gasteiger partial charge in [0.2, 0.25) is 0 Å². The van der Waals surface area contributed by atoms with Crippen LogP contribution in [0, 0.1) is 17.8 Å². The van der Waals surface area contributed by atoms with E-state index in [1.165, 1.54) is 18.4 Å². The molecule has 1 aromatic carbocycles. The molecule has 0 N–H and O–H groups in total. The van der Waals surface area contributed by atoms with Crippen molar-refractivity contribution in [2.75, 3.05) is 0 Å². The predicted octanol–water partition coefficient (Wildman–Crippen LogP) is 4.62. The van der Waals surface area contributed by atoms with Gasteiger partial charge in [0.05, 0.1) is 0 Å². The minimum Gasteiger partial charge on any atom is -0.462 e. The second-order valence-corrected chi connectivity index (χ2v) is 6.84. The highest BCUT2D eigenvalue weighted by atomic mass is 16.5. The van der Waals surface area contributed by atoms with Gasteiger partial charge >= 0.3 is 5.97 Å². The lowest BCUT2D eigenvalue weighted by atomic mass is 9.75. The summed E-state index contributed by atoms with van der Waals surface area (Å²) in [5.41, 5.74) is 1.20. The summed E-state index contributed by atoms with van der Waals surface area (Å²) in [6.07, 6.45) is 4.86. The zero-order valence-electron chi connectivity index (χ0n) is 13.5. The molecule has 1 aliphatic carbocycles. The van der Waals surface area contributed by atoms with Crippen LogP contribution in [0.4, 0.5) is 0 Å². The first-order valence-corrected chi connectivity index (χ1v) is 8.29. The highest BCUT2D eigenvalue weighted by Gasteiger charge is 2.33. The van der Waals surface area contributed by atoms with Crippen LogP contribution in [0.25, 0.3) is 0 Å². The molecule has 1 fully saturated rings. The molecular formula is C19H28O2. The molecule has 0 heterocycles. The van der Waals surface area contributed by atoms with E-state index in [2.05, 4.69) is 32.9 Å². The molecule has 0 aromatic heterocycles. The van der Waals surface area contributed by atoms with Crippen LogP contribution in [0.5, 0.6) is 0 Å². The maximum Gasteiger partial charge on any atom is 0.306 e. The molecular weight excluding hydrogens is 260 g/mol. The molecule has 21 heavy (non-hydrogen) atoms. The van der Waals surface area contributed by atoms with Crippen LogP contribution in [-0.4, -0.2) is 12.1 Å². The summed E-state index contributed by atoms with van der Waals surface area (Å²) >= 11 is 0. The maximum absolute atomic E-state index is 12.1. The summed E-state index contributed by atoms with van der Waals surface area (Å²) in [7, 11) is 0. The van der Waals surface area contributed by atoms with Gasteiger partial charge in [0.25, 0.3) is 0 Å². The van der Waals surface area contributed by atoms with Crippen molar-refractivity contribution in [2.45, 2.75) is 59.0 Å². The number of hydrogen-bond donors (Lipinski definition) is 0. The third kappa shape index (κ3) is 4.87. The molecule has 3 atom stereocenters. The summed E-state index contributed by atoms with van der Waals surface area (Å²) in [5.74, 6) is 1.75. The Hall–Kier alpha value is -1.31. The maximum atomic E-state index is 12.1. The van der Waals surface area contributed by atoms with Crippen molar-refractivity contribution in [3.63, 3.8) is 0 Å². The molecule has 1 aliphatic rings. The monoisotopic (exact) mass is 288 g/mol. The van der Waals surface area contributed by atoms with E-state index in [-0.39, 0.29) is 12.1 Å². The largest absolute Gasteiger partial charge is 0.462 e. The smallest absolute Gasteiger partial charge is 0.306 e. The molecule has 2 heteroatoms. The van der Waals surface area contributed by atoms with Crippen molar-refractivity contribution in [3.05, 3.63) is 35.9 Å². The Morgan fingerprint density at radius 2 is 1.95 bits per heavy atom. The van der Waals surface area contributed by atoms with E-state index in [9.17, 15) is 4.79 Å². The average molecular weight is 288 g/mol. The average Bonchev–Trinajstić information content (AvgIpc) is 2.46. The molecule has 0 bridgehead atoms. The highest BCUT2D eigenvalue weighted by molar-refractivity contribution is 5.70. The molecule has 0 saturated heterocycles. The predicted molar refractivity (Wildman–Crippen MR) is 86.0 cm³/mol. The molecule has 0 aliphatic heterocycles. The summed E-state index contributed by atoms with van der Waals surface area (Å²) in [6.45, 7) is 6.75. The highest BCUT2D eigenvalue weighted by Crippen LogP contribution is 2.35. The molecule has 0 spiro atoms. The number of hydrogen-bond acceptors (Lipinski definition) is 2. The van der Waals surface area contributed by atoms with E-state index < -0.39 is 0 Å². The Balaban J connectivity index is 1.85. The Kier molecular flexibility index (Phi) is 5.84. The van der Waals surface area contributed by atoms with Gasteiger partial charge in [-0.25, -0.2) is 0 Å². The molecule has 0 radical (unpaired) electrons. The molecule has 1 aromatic rings. The van der Waals surface area contributed by atoms with Crippen LogP contribution in [0.1, 0.15) is 52.0 Å². The third-order valence-electron chi connectivity index (χ3n) is 4.70. The summed E-state index contributed by atoms with van der Waals surface area (Å²) in [5, 5.41) is 0. The Labute approximate surface area is 128 Å². The number of rotatable bonds is 5. The van der Waals surface area contributed by atoms with Crippen LogP contribution in [0.3, 0.4) is 0 Å². The lowest BCUT2D eigenvalue weighted by Crippen LogP contribution is -2.35. The molecule has 2 nitrogen and oxygen atoms in total. The quantitative estimate of drug-likeness (QED) is 0.739. The number of carbonyl (C=O) groups excluding carboxylic acids is 1. The normalized spacial score (nSPS) is 25.8. The molecule has 0 unspecified atom stereocenters.